The Balaban J connectivity index is 1.80. The number of nitrogens with one attached hydrogen (secondary N) is 2. The maximum atomic E-state index is 11.7. The molecule has 0 unspecified atom stereocenters. The summed E-state index contributed by atoms with van der Waals surface area (Å²) in [6.07, 6.45) is 5.44. The van der Waals surface area contributed by atoms with Gasteiger partial charge in [0.2, 0.25) is 0 Å². The van der Waals surface area contributed by atoms with Gasteiger partial charge in [-0.05, 0) is 31.4 Å². The first kappa shape index (κ1) is 11.9. The third kappa shape index (κ3) is 3.73. The largest absolute Gasteiger partial charge is 0.384 e. The Labute approximate surface area is 102 Å². The van der Waals surface area contributed by atoms with E-state index in [1.807, 2.05) is 13.0 Å². The summed E-state index contributed by atoms with van der Waals surface area (Å²) in [5, 5.41) is 6.05. The average molecular weight is 233 g/mol. The third-order valence-electron chi connectivity index (χ3n) is 2.91. The summed E-state index contributed by atoms with van der Waals surface area (Å²) in [6.45, 7) is 3.65. The second kappa shape index (κ2) is 5.66. The summed E-state index contributed by atoms with van der Waals surface area (Å²) < 4.78 is 0. The predicted octanol–water partition coefficient (Wildman–Crippen LogP) is 2.04. The number of nitrogens with zero attached hydrogens (tertiary/aromatic N) is 1. The van der Waals surface area contributed by atoms with Crippen molar-refractivity contribution in [2.24, 2.45) is 5.92 Å². The number of rotatable bonds is 6. The first-order valence-corrected chi connectivity index (χ1v) is 6.27. The molecular formula is C13H19N3O. The van der Waals surface area contributed by atoms with Gasteiger partial charge in [0, 0.05) is 13.1 Å². The van der Waals surface area contributed by atoms with E-state index in [2.05, 4.69) is 15.6 Å². The van der Waals surface area contributed by atoms with E-state index in [4.69, 9.17) is 0 Å². The minimum atomic E-state index is -0.0753. The van der Waals surface area contributed by atoms with Crippen LogP contribution in [0.25, 0.3) is 0 Å². The number of carbonyl (C=O) groups excluding carboxylic acids is 1. The Morgan fingerprint density at radius 3 is 2.88 bits per heavy atom. The van der Waals surface area contributed by atoms with E-state index in [0.717, 1.165) is 31.1 Å². The van der Waals surface area contributed by atoms with Crippen LogP contribution in [0.2, 0.25) is 0 Å². The highest BCUT2D eigenvalue weighted by Gasteiger charge is 2.20. The zero-order valence-electron chi connectivity index (χ0n) is 10.2. The number of hydrogen-bond donors (Lipinski definition) is 2. The van der Waals surface area contributed by atoms with Crippen molar-refractivity contribution >= 4 is 11.6 Å². The fourth-order valence-electron chi connectivity index (χ4n) is 1.72. The van der Waals surface area contributed by atoms with E-state index in [1.165, 1.54) is 12.8 Å². The van der Waals surface area contributed by atoms with Crippen LogP contribution in [-0.2, 0) is 0 Å². The summed E-state index contributed by atoms with van der Waals surface area (Å²) in [5.74, 6) is 0.771. The standard InChI is InChI=1S/C13H19N3O/c1-2-14-11-5-6-12(16-9-11)13(17)15-8-7-10-3-4-10/h5-6,9-10,14H,2-4,7-8H2,1H3,(H,15,17). The SMILES string of the molecule is CCNc1ccc(C(=O)NCCC2CC2)nc1. The van der Waals surface area contributed by atoms with Gasteiger partial charge in [-0.15, -0.1) is 0 Å². The van der Waals surface area contributed by atoms with Gasteiger partial charge in [0.15, 0.2) is 0 Å². The highest BCUT2D eigenvalue weighted by molar-refractivity contribution is 5.92. The van der Waals surface area contributed by atoms with Gasteiger partial charge in [-0.2, -0.15) is 0 Å². The summed E-state index contributed by atoms with van der Waals surface area (Å²) in [7, 11) is 0. The topological polar surface area (TPSA) is 54.0 Å². The molecule has 0 saturated heterocycles. The third-order valence-corrected chi connectivity index (χ3v) is 2.91. The number of pyridine rings is 1. The molecule has 0 bridgehead atoms. The molecule has 1 saturated carbocycles. The van der Waals surface area contributed by atoms with Crippen LogP contribution in [0.3, 0.4) is 0 Å². The number of aromatic nitrogens is 1. The molecule has 1 aliphatic carbocycles. The summed E-state index contributed by atoms with van der Waals surface area (Å²) in [5.41, 5.74) is 1.43. The van der Waals surface area contributed by atoms with Crippen LogP contribution >= 0.6 is 0 Å². The maximum Gasteiger partial charge on any atom is 0.269 e. The van der Waals surface area contributed by atoms with Crippen molar-refractivity contribution in [2.45, 2.75) is 26.2 Å². The van der Waals surface area contributed by atoms with Crippen LogP contribution in [0.15, 0.2) is 18.3 Å². The van der Waals surface area contributed by atoms with E-state index in [0.29, 0.717) is 5.69 Å². The summed E-state index contributed by atoms with van der Waals surface area (Å²) >= 11 is 0. The molecule has 1 amide bonds. The van der Waals surface area contributed by atoms with E-state index in [1.54, 1.807) is 12.3 Å². The Morgan fingerprint density at radius 1 is 1.47 bits per heavy atom. The first-order chi connectivity index (χ1) is 8.29. The lowest BCUT2D eigenvalue weighted by atomic mass is 10.2. The Kier molecular flexibility index (Phi) is 3.96. The van der Waals surface area contributed by atoms with Gasteiger partial charge in [-0.25, -0.2) is 4.98 Å². The van der Waals surface area contributed by atoms with Gasteiger partial charge in [0.05, 0.1) is 11.9 Å². The molecule has 0 spiro atoms. The lowest BCUT2D eigenvalue weighted by molar-refractivity contribution is 0.0948. The van der Waals surface area contributed by atoms with Crippen molar-refractivity contribution in [1.82, 2.24) is 10.3 Å². The number of carbonyl (C=O) groups is 1. The molecule has 4 nitrogen and oxygen atoms in total. The van der Waals surface area contributed by atoms with Gasteiger partial charge < -0.3 is 10.6 Å². The van der Waals surface area contributed by atoms with Crippen LogP contribution < -0.4 is 10.6 Å². The van der Waals surface area contributed by atoms with E-state index in [-0.39, 0.29) is 5.91 Å². The molecule has 2 N–H and O–H groups in total. The van der Waals surface area contributed by atoms with E-state index < -0.39 is 0 Å². The zero-order chi connectivity index (χ0) is 12.1. The number of amides is 1. The fraction of sp³-hybridized carbons (Fsp3) is 0.538. The normalized spacial score (nSPS) is 14.4. The molecule has 0 radical (unpaired) electrons. The maximum absolute atomic E-state index is 11.7. The summed E-state index contributed by atoms with van der Waals surface area (Å²) in [4.78, 5) is 15.9. The molecule has 0 atom stereocenters. The van der Waals surface area contributed by atoms with Gasteiger partial charge in [0.25, 0.3) is 5.91 Å². The van der Waals surface area contributed by atoms with Crippen LogP contribution in [0.4, 0.5) is 5.69 Å². The molecule has 92 valence electrons. The average Bonchev–Trinajstić information content (AvgIpc) is 3.14. The highest BCUT2D eigenvalue weighted by Crippen LogP contribution is 2.31. The molecule has 4 heteroatoms. The monoisotopic (exact) mass is 233 g/mol. The van der Waals surface area contributed by atoms with E-state index >= 15 is 0 Å². The molecular weight excluding hydrogens is 214 g/mol. The number of anilines is 1. The highest BCUT2D eigenvalue weighted by atomic mass is 16.1. The fourth-order valence-corrected chi connectivity index (χ4v) is 1.72. The van der Waals surface area contributed by atoms with Crippen molar-refractivity contribution in [3.8, 4) is 0 Å². The Bertz CT molecular complexity index is 371. The van der Waals surface area contributed by atoms with Crippen molar-refractivity contribution in [1.29, 1.82) is 0 Å². The minimum absolute atomic E-state index is 0.0753. The van der Waals surface area contributed by atoms with Crippen LogP contribution in [0.1, 0.15) is 36.7 Å². The molecule has 1 fully saturated rings. The molecule has 0 aromatic carbocycles. The lowest BCUT2D eigenvalue weighted by Gasteiger charge is -2.05. The first-order valence-electron chi connectivity index (χ1n) is 6.27. The van der Waals surface area contributed by atoms with Crippen molar-refractivity contribution in [3.63, 3.8) is 0 Å². The minimum Gasteiger partial charge on any atom is -0.384 e. The van der Waals surface area contributed by atoms with Crippen LogP contribution in [0, 0.1) is 5.92 Å². The lowest BCUT2D eigenvalue weighted by Crippen LogP contribution is -2.25. The van der Waals surface area contributed by atoms with Crippen LogP contribution in [-0.4, -0.2) is 24.0 Å². The molecule has 1 aromatic rings. The second-order valence-electron chi connectivity index (χ2n) is 4.45. The van der Waals surface area contributed by atoms with Gasteiger partial charge in [0.1, 0.15) is 5.69 Å². The van der Waals surface area contributed by atoms with E-state index in [9.17, 15) is 4.79 Å². The quantitative estimate of drug-likeness (QED) is 0.790. The van der Waals surface area contributed by atoms with Crippen molar-refractivity contribution in [2.75, 3.05) is 18.4 Å². The molecule has 1 aliphatic rings. The molecule has 1 heterocycles. The molecule has 0 aliphatic heterocycles. The molecule has 17 heavy (non-hydrogen) atoms. The second-order valence-corrected chi connectivity index (χ2v) is 4.45. The summed E-state index contributed by atoms with van der Waals surface area (Å²) in [6, 6.07) is 3.64. The molecule has 1 aromatic heterocycles. The smallest absolute Gasteiger partial charge is 0.269 e. The van der Waals surface area contributed by atoms with Gasteiger partial charge >= 0.3 is 0 Å². The van der Waals surface area contributed by atoms with Gasteiger partial charge in [-0.1, -0.05) is 12.8 Å². The number of hydrogen-bond acceptors (Lipinski definition) is 3. The Morgan fingerprint density at radius 2 is 2.29 bits per heavy atom. The van der Waals surface area contributed by atoms with Crippen molar-refractivity contribution < 1.29 is 4.79 Å². The Hall–Kier alpha value is -1.58. The van der Waals surface area contributed by atoms with Crippen LogP contribution in [0.5, 0.6) is 0 Å². The zero-order valence-corrected chi connectivity index (χ0v) is 10.2. The van der Waals surface area contributed by atoms with Gasteiger partial charge in [-0.3, -0.25) is 4.79 Å². The predicted molar refractivity (Wildman–Crippen MR) is 68.1 cm³/mol. The molecule has 2 rings (SSSR count). The van der Waals surface area contributed by atoms with Crippen molar-refractivity contribution in [3.05, 3.63) is 24.0 Å².